The van der Waals surface area contributed by atoms with E-state index in [0.29, 0.717) is 0 Å². The van der Waals surface area contributed by atoms with E-state index in [4.69, 9.17) is 15.9 Å². The summed E-state index contributed by atoms with van der Waals surface area (Å²) in [5, 5.41) is 39.6. The Morgan fingerprint density at radius 1 is 0.872 bits per heavy atom. The van der Waals surface area contributed by atoms with E-state index in [-0.39, 0.29) is 37.9 Å². The number of nitrogens with two attached hydrogens (primary N) is 1. The number of carbonyl (C=O) groups is 4. The molecule has 7 N–H and O–H groups in total. The van der Waals surface area contributed by atoms with Crippen molar-refractivity contribution in [2.45, 2.75) is 94.6 Å². The van der Waals surface area contributed by atoms with Gasteiger partial charge >= 0.3 is 17.9 Å². The van der Waals surface area contributed by atoms with Gasteiger partial charge in [0.05, 0.1) is 6.10 Å². The van der Waals surface area contributed by atoms with Crippen LogP contribution in [0.5, 0.6) is 0 Å². The minimum Gasteiger partial charge on any atom is -0.481 e. The number of allylic oxidation sites excluding steroid dienone is 7. The van der Waals surface area contributed by atoms with Crippen LogP contribution in [0.2, 0.25) is 0 Å². The summed E-state index contributed by atoms with van der Waals surface area (Å²) in [6, 6.07) is -2.49. The van der Waals surface area contributed by atoms with E-state index < -0.39 is 47.3 Å². The van der Waals surface area contributed by atoms with E-state index >= 15 is 0 Å². The average molecular weight is 569 g/mol. The fraction of sp³-hybridized carbons (Fsp3) is 0.571. The van der Waals surface area contributed by atoms with Crippen LogP contribution in [-0.2, 0) is 19.2 Å². The molecule has 0 aromatic heterocycles. The van der Waals surface area contributed by atoms with E-state index in [2.05, 4.69) is 24.4 Å². The van der Waals surface area contributed by atoms with Crippen molar-refractivity contribution in [2.75, 3.05) is 5.75 Å². The minimum atomic E-state index is -1.27. The molecule has 0 spiro atoms. The highest BCUT2D eigenvalue weighted by molar-refractivity contribution is 8.00. The molecule has 0 aromatic carbocycles. The summed E-state index contributed by atoms with van der Waals surface area (Å²) in [5.41, 5.74) is 5.38. The molecule has 0 aliphatic rings. The summed E-state index contributed by atoms with van der Waals surface area (Å²) < 4.78 is 0. The maximum Gasteiger partial charge on any atom is 0.327 e. The van der Waals surface area contributed by atoms with Crippen molar-refractivity contribution in [3.8, 4) is 0 Å². The number of aliphatic carboxylic acids is 3. The second-order valence-corrected chi connectivity index (χ2v) is 10.2. The largest absolute Gasteiger partial charge is 0.481 e. The number of carbonyl (C=O) groups excluding carboxylic acids is 1. The Bertz CT molecular complexity index is 857. The monoisotopic (exact) mass is 568 g/mol. The number of carboxylic acids is 3. The quantitative estimate of drug-likeness (QED) is 0.0603. The summed E-state index contributed by atoms with van der Waals surface area (Å²) in [5.74, 6) is -4.20. The Morgan fingerprint density at radius 2 is 1.59 bits per heavy atom. The Balaban J connectivity index is 5.01. The van der Waals surface area contributed by atoms with Gasteiger partial charge in [0.25, 0.3) is 0 Å². The summed E-state index contributed by atoms with van der Waals surface area (Å²) in [6.07, 6.45) is 19.9. The summed E-state index contributed by atoms with van der Waals surface area (Å²) >= 11 is 1.12. The third-order valence-corrected chi connectivity index (χ3v) is 6.92. The van der Waals surface area contributed by atoms with Crippen LogP contribution in [0.15, 0.2) is 48.6 Å². The molecule has 0 saturated carbocycles. The number of thioether (sulfide) groups is 1. The highest BCUT2D eigenvalue weighted by Crippen LogP contribution is 2.21. The summed E-state index contributed by atoms with van der Waals surface area (Å²) in [6.45, 7) is 2.17. The van der Waals surface area contributed by atoms with Gasteiger partial charge in [0.1, 0.15) is 12.1 Å². The molecule has 0 bridgehead atoms. The first kappa shape index (κ1) is 36.1. The van der Waals surface area contributed by atoms with Crippen molar-refractivity contribution in [2.24, 2.45) is 5.73 Å². The van der Waals surface area contributed by atoms with Crippen molar-refractivity contribution in [1.82, 2.24) is 5.32 Å². The lowest BCUT2D eigenvalue weighted by Gasteiger charge is -2.22. The van der Waals surface area contributed by atoms with Gasteiger partial charge in [-0.25, -0.2) is 4.79 Å². The number of aliphatic hydroxyl groups is 1. The maximum atomic E-state index is 12.1. The molecule has 220 valence electrons. The molecule has 4 atom stereocenters. The Kier molecular flexibility index (Phi) is 21.3. The molecule has 0 rings (SSSR count). The zero-order chi connectivity index (χ0) is 29.5. The van der Waals surface area contributed by atoms with E-state index in [9.17, 15) is 29.4 Å². The first-order valence-electron chi connectivity index (χ1n) is 13.2. The van der Waals surface area contributed by atoms with Gasteiger partial charge in [0.15, 0.2) is 0 Å². The van der Waals surface area contributed by atoms with E-state index in [0.717, 1.165) is 24.6 Å². The van der Waals surface area contributed by atoms with Crippen LogP contribution < -0.4 is 11.1 Å². The van der Waals surface area contributed by atoms with E-state index in [1.54, 1.807) is 18.2 Å². The third-order valence-electron chi connectivity index (χ3n) is 5.54. The summed E-state index contributed by atoms with van der Waals surface area (Å²) in [7, 11) is 0. The van der Waals surface area contributed by atoms with Crippen molar-refractivity contribution in [3.63, 3.8) is 0 Å². The average Bonchev–Trinajstić information content (AvgIpc) is 2.88. The molecule has 0 aliphatic heterocycles. The van der Waals surface area contributed by atoms with Crippen LogP contribution >= 0.6 is 11.8 Å². The molecule has 0 fully saturated rings. The molecule has 0 heterocycles. The fourth-order valence-corrected chi connectivity index (χ4v) is 4.44. The van der Waals surface area contributed by atoms with Crippen molar-refractivity contribution >= 4 is 35.6 Å². The lowest BCUT2D eigenvalue weighted by molar-refractivity contribution is -0.141. The maximum absolute atomic E-state index is 12.1. The standard InChI is InChI=1S/C28H44N2O8S/c1-2-3-4-5-6-7-8-9-10-11-12-13-16-24(23(31)15-14-17-26(33)34)39-20-22(28(37)38)30-25(32)19-18-21(29)27(35)36/h6-7,9-13,16,21-24,31H,2-5,8,14-15,17-20,29H2,1H3,(H,30,32)(H,33,34)(H,35,36)(H,37,38)/b7-6-,10-9-,12-11+,16-13+/t21-,22-,23+,24-/m0/s1. The lowest BCUT2D eigenvalue weighted by atomic mass is 10.1. The number of amides is 1. The molecular formula is C28H44N2O8S. The number of hydrogen-bond acceptors (Lipinski definition) is 7. The van der Waals surface area contributed by atoms with Gasteiger partial charge in [-0.05, 0) is 38.5 Å². The van der Waals surface area contributed by atoms with Crippen LogP contribution in [0.25, 0.3) is 0 Å². The van der Waals surface area contributed by atoms with Crippen molar-refractivity contribution < 1.29 is 39.6 Å². The molecular weight excluding hydrogens is 524 g/mol. The molecule has 0 radical (unpaired) electrons. The number of carboxylic acid groups (broad SMARTS) is 3. The highest BCUT2D eigenvalue weighted by atomic mass is 32.2. The second kappa shape index (κ2) is 23.0. The number of hydrogen-bond donors (Lipinski definition) is 6. The number of unbranched alkanes of at least 4 members (excludes halogenated alkanes) is 3. The number of nitrogens with one attached hydrogen (secondary N) is 1. The lowest BCUT2D eigenvalue weighted by Crippen LogP contribution is -2.44. The molecule has 0 unspecified atom stereocenters. The zero-order valence-corrected chi connectivity index (χ0v) is 23.4. The van der Waals surface area contributed by atoms with Crippen LogP contribution in [0.3, 0.4) is 0 Å². The molecule has 0 aromatic rings. The van der Waals surface area contributed by atoms with Gasteiger partial charge in [-0.3, -0.25) is 14.4 Å². The van der Waals surface area contributed by atoms with Crippen LogP contribution in [0.4, 0.5) is 0 Å². The topological polar surface area (TPSA) is 187 Å². The number of rotatable bonds is 23. The molecule has 10 nitrogen and oxygen atoms in total. The first-order chi connectivity index (χ1) is 18.6. The van der Waals surface area contributed by atoms with Gasteiger partial charge in [-0.15, -0.1) is 11.8 Å². The van der Waals surface area contributed by atoms with Crippen molar-refractivity contribution in [3.05, 3.63) is 48.6 Å². The third kappa shape index (κ3) is 20.7. The Morgan fingerprint density at radius 3 is 2.23 bits per heavy atom. The zero-order valence-electron chi connectivity index (χ0n) is 22.6. The predicted molar refractivity (Wildman–Crippen MR) is 153 cm³/mol. The molecule has 39 heavy (non-hydrogen) atoms. The second-order valence-electron chi connectivity index (χ2n) is 8.99. The Labute approximate surface area is 235 Å². The van der Waals surface area contributed by atoms with Crippen LogP contribution in [0.1, 0.15) is 71.1 Å². The van der Waals surface area contributed by atoms with Crippen LogP contribution in [-0.4, -0.2) is 73.4 Å². The summed E-state index contributed by atoms with van der Waals surface area (Å²) in [4.78, 5) is 45.4. The van der Waals surface area contributed by atoms with Gasteiger partial charge in [-0.1, -0.05) is 68.4 Å². The highest BCUT2D eigenvalue weighted by Gasteiger charge is 2.25. The molecule has 0 saturated heterocycles. The normalized spacial score (nSPS) is 15.2. The van der Waals surface area contributed by atoms with E-state index in [1.807, 2.05) is 18.2 Å². The smallest absolute Gasteiger partial charge is 0.327 e. The fourth-order valence-electron chi connectivity index (χ4n) is 3.24. The first-order valence-corrected chi connectivity index (χ1v) is 14.3. The minimum absolute atomic E-state index is 0.0642. The molecule has 0 aliphatic carbocycles. The van der Waals surface area contributed by atoms with Gasteiger partial charge < -0.3 is 31.5 Å². The molecule has 1 amide bonds. The molecule has 11 heteroatoms. The SMILES string of the molecule is CCCCC/C=C\C\C=C/C=C/C=C/[C@H](SC[C@H](NC(=O)CC[C@H](N)C(=O)O)C(=O)O)[C@H](O)CCCC(=O)O. The number of aliphatic hydroxyl groups excluding tert-OH is 1. The van der Waals surface area contributed by atoms with Crippen LogP contribution in [0, 0.1) is 0 Å². The van der Waals surface area contributed by atoms with Crippen molar-refractivity contribution in [1.29, 1.82) is 0 Å². The van der Waals surface area contributed by atoms with Gasteiger partial charge in [0.2, 0.25) is 5.91 Å². The van der Waals surface area contributed by atoms with Gasteiger partial charge in [0, 0.05) is 23.8 Å². The Hall–Kier alpha value is -2.89. The van der Waals surface area contributed by atoms with Gasteiger partial charge in [-0.2, -0.15) is 0 Å². The van der Waals surface area contributed by atoms with E-state index in [1.165, 1.54) is 19.3 Å². The predicted octanol–water partition coefficient (Wildman–Crippen LogP) is 3.66.